The van der Waals surface area contributed by atoms with Crippen molar-refractivity contribution in [2.24, 2.45) is 5.73 Å². The van der Waals surface area contributed by atoms with E-state index in [-0.39, 0.29) is 17.6 Å². The van der Waals surface area contributed by atoms with Crippen molar-refractivity contribution in [2.75, 3.05) is 47.9 Å². The van der Waals surface area contributed by atoms with Gasteiger partial charge in [0.15, 0.2) is 11.6 Å². The van der Waals surface area contributed by atoms with Crippen LogP contribution in [0, 0.1) is 5.82 Å². The minimum atomic E-state index is -0.365. The molecule has 0 aliphatic heterocycles. The maximum atomic E-state index is 13.6. The van der Waals surface area contributed by atoms with E-state index in [1.807, 2.05) is 13.1 Å². The Bertz CT molecular complexity index is 412. The molecule has 1 atom stereocenters. The standard InChI is InChI=1S/C15H26FN3O/c1-18(2)8-5-9-19(3)11-14(17)12-6-7-15(20-4)13(16)10-12/h6-7,10,14H,5,8-9,11,17H2,1-4H3. The maximum Gasteiger partial charge on any atom is 0.165 e. The molecule has 0 fully saturated rings. The summed E-state index contributed by atoms with van der Waals surface area (Å²) in [7, 11) is 7.61. The van der Waals surface area contributed by atoms with Crippen molar-refractivity contribution in [3.8, 4) is 5.75 Å². The van der Waals surface area contributed by atoms with E-state index in [9.17, 15) is 4.39 Å². The lowest BCUT2D eigenvalue weighted by Crippen LogP contribution is -2.31. The molecular weight excluding hydrogens is 257 g/mol. The number of benzene rings is 1. The van der Waals surface area contributed by atoms with Crippen LogP contribution in [0.25, 0.3) is 0 Å². The number of nitrogens with zero attached hydrogens (tertiary/aromatic N) is 2. The maximum absolute atomic E-state index is 13.6. The lowest BCUT2D eigenvalue weighted by Gasteiger charge is -2.22. The SMILES string of the molecule is COc1ccc(C(N)CN(C)CCCN(C)C)cc1F. The van der Waals surface area contributed by atoms with Gasteiger partial charge >= 0.3 is 0 Å². The Balaban J connectivity index is 2.49. The van der Waals surface area contributed by atoms with Crippen molar-refractivity contribution in [3.63, 3.8) is 0 Å². The molecule has 0 heterocycles. The average Bonchev–Trinajstić information content (AvgIpc) is 2.38. The first-order valence-corrected chi connectivity index (χ1v) is 6.86. The van der Waals surface area contributed by atoms with Crippen molar-refractivity contribution in [3.05, 3.63) is 29.6 Å². The van der Waals surface area contributed by atoms with Crippen LogP contribution in [0.5, 0.6) is 5.75 Å². The Hall–Kier alpha value is -1.17. The van der Waals surface area contributed by atoms with E-state index >= 15 is 0 Å². The average molecular weight is 283 g/mol. The van der Waals surface area contributed by atoms with Crippen LogP contribution in [0.2, 0.25) is 0 Å². The van der Waals surface area contributed by atoms with Crippen LogP contribution in [0.4, 0.5) is 4.39 Å². The Morgan fingerprint density at radius 1 is 1.25 bits per heavy atom. The summed E-state index contributed by atoms with van der Waals surface area (Å²) in [6.45, 7) is 2.74. The van der Waals surface area contributed by atoms with E-state index in [2.05, 4.69) is 23.9 Å². The number of rotatable bonds is 8. The van der Waals surface area contributed by atoms with Gasteiger partial charge in [-0.25, -0.2) is 4.39 Å². The van der Waals surface area contributed by atoms with Gasteiger partial charge < -0.3 is 20.3 Å². The summed E-state index contributed by atoms with van der Waals surface area (Å²) >= 11 is 0. The predicted octanol–water partition coefficient (Wildman–Crippen LogP) is 1.72. The van der Waals surface area contributed by atoms with Gasteiger partial charge in [0.25, 0.3) is 0 Å². The second kappa shape index (κ2) is 8.19. The predicted molar refractivity (Wildman–Crippen MR) is 80.5 cm³/mol. The van der Waals surface area contributed by atoms with Gasteiger partial charge in [-0.1, -0.05) is 6.07 Å². The van der Waals surface area contributed by atoms with Gasteiger partial charge in [0, 0.05) is 12.6 Å². The van der Waals surface area contributed by atoms with Crippen LogP contribution in [0.3, 0.4) is 0 Å². The quantitative estimate of drug-likeness (QED) is 0.789. The molecule has 5 heteroatoms. The van der Waals surface area contributed by atoms with Gasteiger partial charge in [0.05, 0.1) is 7.11 Å². The van der Waals surface area contributed by atoms with E-state index < -0.39 is 0 Å². The van der Waals surface area contributed by atoms with Crippen LogP contribution >= 0.6 is 0 Å². The molecule has 20 heavy (non-hydrogen) atoms. The summed E-state index contributed by atoms with van der Waals surface area (Å²) in [5.74, 6) is -0.115. The first-order chi connectivity index (χ1) is 9.43. The number of nitrogens with two attached hydrogens (primary N) is 1. The van der Waals surface area contributed by atoms with Crippen LogP contribution in [-0.2, 0) is 0 Å². The monoisotopic (exact) mass is 283 g/mol. The van der Waals surface area contributed by atoms with Crippen LogP contribution in [-0.4, -0.2) is 57.7 Å². The fraction of sp³-hybridized carbons (Fsp3) is 0.600. The minimum Gasteiger partial charge on any atom is -0.494 e. The molecule has 0 aliphatic rings. The highest BCUT2D eigenvalue weighted by Crippen LogP contribution is 2.21. The van der Waals surface area contributed by atoms with Crippen LogP contribution in [0.15, 0.2) is 18.2 Å². The number of methoxy groups -OCH3 is 1. The molecule has 0 amide bonds. The smallest absolute Gasteiger partial charge is 0.165 e. The molecule has 114 valence electrons. The molecule has 0 spiro atoms. The Kier molecular flexibility index (Phi) is 6.91. The molecule has 0 aromatic heterocycles. The third-order valence-corrected chi connectivity index (χ3v) is 3.26. The Morgan fingerprint density at radius 2 is 1.95 bits per heavy atom. The fourth-order valence-corrected chi connectivity index (χ4v) is 2.10. The molecule has 1 aromatic carbocycles. The van der Waals surface area contributed by atoms with Crippen molar-refractivity contribution < 1.29 is 9.13 Å². The molecule has 0 radical (unpaired) electrons. The third-order valence-electron chi connectivity index (χ3n) is 3.26. The Morgan fingerprint density at radius 3 is 2.50 bits per heavy atom. The number of hydrogen-bond acceptors (Lipinski definition) is 4. The molecule has 2 N–H and O–H groups in total. The van der Waals surface area contributed by atoms with Crippen LogP contribution in [0.1, 0.15) is 18.0 Å². The molecule has 0 bridgehead atoms. The van der Waals surface area contributed by atoms with Gasteiger partial charge in [-0.2, -0.15) is 0 Å². The van der Waals surface area contributed by atoms with Gasteiger partial charge in [-0.05, 0) is 58.3 Å². The highest BCUT2D eigenvalue weighted by molar-refractivity contribution is 5.31. The Labute approximate surface area is 121 Å². The number of likely N-dealkylation sites (N-methyl/N-ethyl adjacent to an activating group) is 1. The number of hydrogen-bond donors (Lipinski definition) is 1. The zero-order chi connectivity index (χ0) is 15.1. The van der Waals surface area contributed by atoms with E-state index in [0.717, 1.165) is 25.1 Å². The number of ether oxygens (including phenoxy) is 1. The molecule has 1 aromatic rings. The summed E-state index contributed by atoms with van der Waals surface area (Å²) in [4.78, 5) is 4.34. The molecule has 0 saturated carbocycles. The molecule has 1 unspecified atom stereocenters. The lowest BCUT2D eigenvalue weighted by atomic mass is 10.1. The summed E-state index contributed by atoms with van der Waals surface area (Å²) in [6, 6.07) is 4.70. The van der Waals surface area contributed by atoms with Gasteiger partial charge in [0.1, 0.15) is 0 Å². The van der Waals surface area contributed by atoms with E-state index in [4.69, 9.17) is 10.5 Å². The summed E-state index contributed by atoms with van der Waals surface area (Å²) in [5, 5.41) is 0. The normalized spacial score (nSPS) is 13.0. The summed E-state index contributed by atoms with van der Waals surface area (Å²) in [5.41, 5.74) is 6.92. The van der Waals surface area contributed by atoms with Gasteiger partial charge in [-0.3, -0.25) is 0 Å². The van der Waals surface area contributed by atoms with Crippen LogP contribution < -0.4 is 10.5 Å². The molecular formula is C15H26FN3O. The zero-order valence-electron chi connectivity index (χ0n) is 12.9. The topological polar surface area (TPSA) is 41.7 Å². The van der Waals surface area contributed by atoms with E-state index in [1.54, 1.807) is 6.07 Å². The van der Waals surface area contributed by atoms with E-state index in [0.29, 0.717) is 6.54 Å². The van der Waals surface area contributed by atoms with Crippen molar-refractivity contribution in [1.29, 1.82) is 0 Å². The highest BCUT2D eigenvalue weighted by atomic mass is 19.1. The first-order valence-electron chi connectivity index (χ1n) is 6.86. The second-order valence-corrected chi connectivity index (χ2v) is 5.42. The molecule has 1 rings (SSSR count). The third kappa shape index (κ3) is 5.45. The fourth-order valence-electron chi connectivity index (χ4n) is 2.10. The zero-order valence-corrected chi connectivity index (χ0v) is 12.9. The second-order valence-electron chi connectivity index (χ2n) is 5.42. The van der Waals surface area contributed by atoms with Gasteiger partial charge in [0.2, 0.25) is 0 Å². The summed E-state index contributed by atoms with van der Waals surface area (Å²) < 4.78 is 18.5. The summed E-state index contributed by atoms with van der Waals surface area (Å²) in [6.07, 6.45) is 1.09. The van der Waals surface area contributed by atoms with Crippen molar-refractivity contribution in [1.82, 2.24) is 9.80 Å². The molecule has 0 saturated heterocycles. The highest BCUT2D eigenvalue weighted by Gasteiger charge is 2.12. The largest absolute Gasteiger partial charge is 0.494 e. The molecule has 0 aliphatic carbocycles. The number of halogens is 1. The lowest BCUT2D eigenvalue weighted by molar-refractivity contribution is 0.286. The minimum absolute atomic E-state index is 0.195. The van der Waals surface area contributed by atoms with Gasteiger partial charge in [-0.15, -0.1) is 0 Å². The first kappa shape index (κ1) is 16.9. The van der Waals surface area contributed by atoms with E-state index in [1.165, 1.54) is 13.2 Å². The van der Waals surface area contributed by atoms with Crippen molar-refractivity contribution >= 4 is 0 Å². The van der Waals surface area contributed by atoms with Crippen molar-refractivity contribution in [2.45, 2.75) is 12.5 Å². The molecule has 4 nitrogen and oxygen atoms in total.